The highest BCUT2D eigenvalue weighted by Crippen LogP contribution is 2.15. The molecule has 0 radical (unpaired) electrons. The van der Waals surface area contributed by atoms with Gasteiger partial charge < -0.3 is 19.4 Å². The van der Waals surface area contributed by atoms with Crippen molar-refractivity contribution in [2.75, 3.05) is 19.8 Å². The summed E-state index contributed by atoms with van der Waals surface area (Å²) in [5, 5.41) is 3.04. The van der Waals surface area contributed by atoms with Gasteiger partial charge in [-0.15, -0.1) is 0 Å². The lowest BCUT2D eigenvalue weighted by atomic mass is 10.1. The third-order valence-corrected chi connectivity index (χ3v) is 4.04. The first kappa shape index (κ1) is 14.5. The smallest absolute Gasteiger partial charge is 0.246 e. The summed E-state index contributed by atoms with van der Waals surface area (Å²) in [6.45, 7) is 4.25. The van der Waals surface area contributed by atoms with Crippen LogP contribution in [0.3, 0.4) is 0 Å². The second kappa shape index (κ2) is 6.58. The zero-order valence-electron chi connectivity index (χ0n) is 12.5. The molecule has 3 rings (SSSR count). The number of nitrogens with zero attached hydrogens (tertiary/aromatic N) is 2. The van der Waals surface area contributed by atoms with Gasteiger partial charge >= 0.3 is 0 Å². The Bertz CT molecular complexity index is 494. The molecule has 0 spiro atoms. The van der Waals surface area contributed by atoms with Crippen molar-refractivity contribution in [3.63, 3.8) is 0 Å². The quantitative estimate of drug-likeness (QED) is 0.873. The highest BCUT2D eigenvalue weighted by Gasteiger charge is 2.21. The van der Waals surface area contributed by atoms with E-state index in [1.165, 1.54) is 0 Å². The predicted molar refractivity (Wildman–Crippen MR) is 77.0 cm³/mol. The van der Waals surface area contributed by atoms with Gasteiger partial charge in [0.1, 0.15) is 12.4 Å². The van der Waals surface area contributed by atoms with Crippen LogP contribution in [0.1, 0.15) is 30.8 Å². The van der Waals surface area contributed by atoms with Gasteiger partial charge in [0, 0.05) is 31.8 Å². The summed E-state index contributed by atoms with van der Waals surface area (Å²) in [5.74, 6) is 1.07. The second-order valence-corrected chi connectivity index (χ2v) is 5.90. The maximum absolute atomic E-state index is 11.9. The molecular weight excluding hydrogens is 270 g/mol. The Labute approximate surface area is 124 Å². The van der Waals surface area contributed by atoms with E-state index in [4.69, 9.17) is 9.47 Å². The summed E-state index contributed by atoms with van der Waals surface area (Å²) in [6.07, 6.45) is 6.19. The molecule has 2 unspecified atom stereocenters. The molecule has 21 heavy (non-hydrogen) atoms. The molecule has 1 amide bonds. The Balaban J connectivity index is 1.39. The lowest BCUT2D eigenvalue weighted by molar-refractivity contribution is -0.127. The van der Waals surface area contributed by atoms with Gasteiger partial charge in [0.05, 0.1) is 18.4 Å². The predicted octanol–water partition coefficient (Wildman–Crippen LogP) is 0.818. The van der Waals surface area contributed by atoms with Gasteiger partial charge in [-0.1, -0.05) is 0 Å². The maximum Gasteiger partial charge on any atom is 0.246 e. The molecule has 0 aromatic carbocycles. The average molecular weight is 293 g/mol. The van der Waals surface area contributed by atoms with E-state index in [-0.39, 0.29) is 24.7 Å². The van der Waals surface area contributed by atoms with Crippen molar-refractivity contribution in [3.05, 3.63) is 17.7 Å². The number of rotatable bonds is 5. The van der Waals surface area contributed by atoms with E-state index >= 15 is 0 Å². The van der Waals surface area contributed by atoms with Gasteiger partial charge in [-0.05, 0) is 26.2 Å². The van der Waals surface area contributed by atoms with Crippen LogP contribution in [0.5, 0.6) is 0 Å². The maximum atomic E-state index is 11.9. The number of ether oxygens (including phenoxy) is 2. The van der Waals surface area contributed by atoms with Crippen molar-refractivity contribution in [2.24, 2.45) is 0 Å². The first-order valence-electron chi connectivity index (χ1n) is 7.72. The van der Waals surface area contributed by atoms with Crippen LogP contribution < -0.4 is 5.32 Å². The van der Waals surface area contributed by atoms with Crippen molar-refractivity contribution >= 4 is 5.91 Å². The normalized spacial score (nSPS) is 24.8. The Kier molecular flexibility index (Phi) is 4.55. The number of aromatic nitrogens is 2. The highest BCUT2D eigenvalue weighted by molar-refractivity contribution is 5.77. The van der Waals surface area contributed by atoms with Crippen LogP contribution in [-0.2, 0) is 27.2 Å². The summed E-state index contributed by atoms with van der Waals surface area (Å²) < 4.78 is 13.0. The van der Waals surface area contributed by atoms with E-state index < -0.39 is 0 Å². The van der Waals surface area contributed by atoms with E-state index in [0.717, 1.165) is 50.4 Å². The second-order valence-electron chi connectivity index (χ2n) is 5.90. The number of hydrogen-bond donors (Lipinski definition) is 1. The van der Waals surface area contributed by atoms with E-state index in [2.05, 4.69) is 14.9 Å². The van der Waals surface area contributed by atoms with Gasteiger partial charge in [-0.25, -0.2) is 4.98 Å². The van der Waals surface area contributed by atoms with Crippen LogP contribution in [0.15, 0.2) is 6.20 Å². The summed E-state index contributed by atoms with van der Waals surface area (Å²) in [5.41, 5.74) is 1.04. The minimum absolute atomic E-state index is 0.0433. The van der Waals surface area contributed by atoms with Crippen molar-refractivity contribution < 1.29 is 14.3 Å². The monoisotopic (exact) mass is 293 g/mol. The van der Waals surface area contributed by atoms with Crippen LogP contribution in [-0.4, -0.2) is 47.4 Å². The fourth-order valence-electron chi connectivity index (χ4n) is 3.03. The first-order chi connectivity index (χ1) is 10.2. The van der Waals surface area contributed by atoms with Crippen molar-refractivity contribution in [3.8, 4) is 0 Å². The molecule has 0 saturated carbocycles. The largest absolute Gasteiger partial charge is 0.376 e. The Hall–Kier alpha value is -1.40. The Morgan fingerprint density at radius 1 is 1.57 bits per heavy atom. The molecule has 2 aliphatic rings. The molecule has 1 aromatic rings. The molecule has 6 nitrogen and oxygen atoms in total. The SMILES string of the molecule is Cc1cn2c(n1)CCC(NC(=O)COCC1CCCO1)C2. The number of aryl methyl sites for hydroxylation is 2. The lowest BCUT2D eigenvalue weighted by Crippen LogP contribution is -2.42. The Morgan fingerprint density at radius 3 is 3.29 bits per heavy atom. The van der Waals surface area contributed by atoms with Gasteiger partial charge in [0.2, 0.25) is 5.91 Å². The van der Waals surface area contributed by atoms with Crippen LogP contribution >= 0.6 is 0 Å². The third-order valence-electron chi connectivity index (χ3n) is 4.04. The van der Waals surface area contributed by atoms with E-state index in [9.17, 15) is 4.79 Å². The number of imidazole rings is 1. The fraction of sp³-hybridized carbons (Fsp3) is 0.733. The van der Waals surface area contributed by atoms with Gasteiger partial charge in [-0.2, -0.15) is 0 Å². The molecular formula is C15H23N3O3. The van der Waals surface area contributed by atoms with Gasteiger partial charge in [0.15, 0.2) is 0 Å². The molecule has 1 aromatic heterocycles. The molecule has 116 valence electrons. The van der Waals surface area contributed by atoms with Crippen LogP contribution in [0.4, 0.5) is 0 Å². The van der Waals surface area contributed by atoms with E-state index in [0.29, 0.717) is 6.61 Å². The summed E-state index contributed by atoms with van der Waals surface area (Å²) in [4.78, 5) is 16.4. The lowest BCUT2D eigenvalue weighted by Gasteiger charge is -2.24. The van der Waals surface area contributed by atoms with Gasteiger partial charge in [0.25, 0.3) is 0 Å². The summed E-state index contributed by atoms with van der Waals surface area (Å²) >= 11 is 0. The number of hydrogen-bond acceptors (Lipinski definition) is 4. The molecule has 1 N–H and O–H groups in total. The molecule has 3 heterocycles. The molecule has 2 aliphatic heterocycles. The minimum Gasteiger partial charge on any atom is -0.376 e. The van der Waals surface area contributed by atoms with Crippen LogP contribution in [0.25, 0.3) is 0 Å². The number of amides is 1. The van der Waals surface area contributed by atoms with Crippen LogP contribution in [0, 0.1) is 6.92 Å². The van der Waals surface area contributed by atoms with Crippen molar-refractivity contribution in [2.45, 2.75) is 51.3 Å². The molecule has 0 aliphatic carbocycles. The van der Waals surface area contributed by atoms with E-state index in [1.807, 2.05) is 13.1 Å². The highest BCUT2D eigenvalue weighted by atomic mass is 16.5. The van der Waals surface area contributed by atoms with E-state index in [1.54, 1.807) is 0 Å². The van der Waals surface area contributed by atoms with Crippen LogP contribution in [0.2, 0.25) is 0 Å². The van der Waals surface area contributed by atoms with Gasteiger partial charge in [-0.3, -0.25) is 4.79 Å². The molecule has 1 saturated heterocycles. The minimum atomic E-state index is -0.0433. The Morgan fingerprint density at radius 2 is 2.48 bits per heavy atom. The number of nitrogens with one attached hydrogen (secondary N) is 1. The number of carbonyl (C=O) groups excluding carboxylic acids is 1. The molecule has 6 heteroatoms. The third kappa shape index (κ3) is 3.83. The molecule has 1 fully saturated rings. The molecule has 0 bridgehead atoms. The first-order valence-corrected chi connectivity index (χ1v) is 7.72. The standard InChI is InChI=1S/C15H23N3O3/c1-11-7-18-8-12(4-5-14(18)16-11)17-15(19)10-20-9-13-3-2-6-21-13/h7,12-13H,2-6,8-10H2,1H3,(H,17,19). The summed E-state index contributed by atoms with van der Waals surface area (Å²) in [7, 11) is 0. The van der Waals surface area contributed by atoms with Crippen molar-refractivity contribution in [1.82, 2.24) is 14.9 Å². The zero-order chi connectivity index (χ0) is 14.7. The van der Waals surface area contributed by atoms with Crippen molar-refractivity contribution in [1.29, 1.82) is 0 Å². The zero-order valence-corrected chi connectivity index (χ0v) is 12.5. The number of fused-ring (bicyclic) bond motifs is 1. The average Bonchev–Trinajstić information content (AvgIpc) is 3.06. The molecule has 2 atom stereocenters. The topological polar surface area (TPSA) is 65.4 Å². The summed E-state index contributed by atoms with van der Waals surface area (Å²) in [6, 6.07) is 0.171. The number of carbonyl (C=O) groups is 1. The fourth-order valence-corrected chi connectivity index (χ4v) is 3.03.